The van der Waals surface area contributed by atoms with E-state index in [9.17, 15) is 9.35 Å². The van der Waals surface area contributed by atoms with E-state index >= 15 is 0 Å². The van der Waals surface area contributed by atoms with Gasteiger partial charge in [0.05, 0.1) is 16.9 Å². The van der Waals surface area contributed by atoms with Gasteiger partial charge in [-0.15, -0.1) is 11.6 Å². The quantitative estimate of drug-likeness (QED) is 0.581. The van der Waals surface area contributed by atoms with Crippen molar-refractivity contribution in [1.29, 1.82) is 0 Å². The van der Waals surface area contributed by atoms with Crippen molar-refractivity contribution < 1.29 is 9.35 Å². The highest BCUT2D eigenvalue weighted by Gasteiger charge is 2.56. The summed E-state index contributed by atoms with van der Waals surface area (Å²) in [5, 5.41) is -0.892. The van der Waals surface area contributed by atoms with Crippen LogP contribution in [0.15, 0.2) is 0 Å². The number of halogens is 2. The fraction of sp³-hybridized carbons (Fsp3) is 0.909. The Balaban J connectivity index is 2.96. The zero-order chi connectivity index (χ0) is 13.6. The molecule has 0 aromatic heterocycles. The molecule has 0 N–H and O–H groups in total. The molecule has 1 saturated heterocycles. The Kier molecular flexibility index (Phi) is 4.35. The van der Waals surface area contributed by atoms with Gasteiger partial charge in [-0.2, -0.15) is 4.31 Å². The van der Waals surface area contributed by atoms with E-state index in [1.165, 1.54) is 4.31 Å². The molecule has 0 spiro atoms. The molecule has 1 heterocycles. The molecule has 0 radical (unpaired) electrons. The molecule has 1 rings (SSSR count). The SMILES string of the molecule is CC(C)(C)CC(C)(C)N1C(=O)C(Cl)C(Cl)[S+]1[O-]. The number of hydrogen-bond donors (Lipinski definition) is 0. The van der Waals surface area contributed by atoms with Crippen molar-refractivity contribution in [3.05, 3.63) is 0 Å². The normalized spacial score (nSPS) is 31.2. The van der Waals surface area contributed by atoms with Gasteiger partial charge in [-0.1, -0.05) is 32.4 Å². The van der Waals surface area contributed by atoms with Crippen LogP contribution in [0.3, 0.4) is 0 Å². The minimum absolute atomic E-state index is 0.0280. The first-order chi connectivity index (χ1) is 7.47. The Morgan fingerprint density at radius 3 is 2.06 bits per heavy atom. The van der Waals surface area contributed by atoms with E-state index in [-0.39, 0.29) is 11.3 Å². The highest BCUT2D eigenvalue weighted by Crippen LogP contribution is 2.40. The molecular weight excluding hydrogens is 281 g/mol. The van der Waals surface area contributed by atoms with Crippen molar-refractivity contribution in [3.8, 4) is 0 Å². The number of hydrogen-bond acceptors (Lipinski definition) is 2. The molecule has 0 aromatic carbocycles. The molecule has 100 valence electrons. The lowest BCUT2D eigenvalue weighted by atomic mass is 9.81. The van der Waals surface area contributed by atoms with Crippen LogP contribution in [0.25, 0.3) is 0 Å². The molecule has 0 aromatic rings. The molecule has 1 aliphatic rings. The minimum atomic E-state index is -1.55. The fourth-order valence-electron chi connectivity index (χ4n) is 2.43. The summed E-state index contributed by atoms with van der Waals surface area (Å²) in [6, 6.07) is 0. The third kappa shape index (κ3) is 3.22. The third-order valence-electron chi connectivity index (χ3n) is 2.55. The van der Waals surface area contributed by atoms with Crippen molar-refractivity contribution in [3.63, 3.8) is 0 Å². The van der Waals surface area contributed by atoms with Crippen molar-refractivity contribution in [2.24, 2.45) is 5.41 Å². The van der Waals surface area contributed by atoms with Gasteiger partial charge < -0.3 is 4.55 Å². The van der Waals surface area contributed by atoms with E-state index < -0.39 is 27.0 Å². The molecule has 1 fully saturated rings. The van der Waals surface area contributed by atoms with Gasteiger partial charge >= 0.3 is 0 Å². The largest absolute Gasteiger partial charge is 0.592 e. The van der Waals surface area contributed by atoms with Crippen LogP contribution in [-0.4, -0.2) is 30.4 Å². The van der Waals surface area contributed by atoms with E-state index in [0.29, 0.717) is 0 Å². The minimum Gasteiger partial charge on any atom is -0.592 e. The maximum absolute atomic E-state index is 12.1. The molecule has 3 nitrogen and oxygen atoms in total. The topological polar surface area (TPSA) is 43.4 Å². The average Bonchev–Trinajstić information content (AvgIpc) is 2.27. The number of carbonyl (C=O) groups excluding carboxylic acids is 1. The van der Waals surface area contributed by atoms with E-state index in [0.717, 1.165) is 6.42 Å². The van der Waals surface area contributed by atoms with E-state index in [4.69, 9.17) is 23.2 Å². The van der Waals surface area contributed by atoms with Gasteiger partial charge in [-0.25, -0.2) is 0 Å². The Morgan fingerprint density at radius 1 is 1.29 bits per heavy atom. The van der Waals surface area contributed by atoms with E-state index in [1.807, 2.05) is 13.8 Å². The first-order valence-electron chi connectivity index (χ1n) is 5.50. The highest BCUT2D eigenvalue weighted by atomic mass is 35.5. The fourth-order valence-corrected chi connectivity index (χ4v) is 4.56. The average molecular weight is 300 g/mol. The van der Waals surface area contributed by atoms with Crippen molar-refractivity contribution in [2.45, 2.75) is 56.7 Å². The maximum Gasteiger partial charge on any atom is 0.289 e. The smallest absolute Gasteiger partial charge is 0.289 e. The summed E-state index contributed by atoms with van der Waals surface area (Å²) in [7, 11) is 0. The summed E-state index contributed by atoms with van der Waals surface area (Å²) < 4.78 is 12.6. The second-order valence-corrected chi connectivity index (χ2v) is 8.84. The van der Waals surface area contributed by atoms with Crippen molar-refractivity contribution in [2.75, 3.05) is 0 Å². The molecule has 1 aliphatic heterocycles. The Bertz CT molecular complexity index is 317. The third-order valence-corrected chi connectivity index (χ3v) is 5.67. The lowest BCUT2D eigenvalue weighted by Crippen LogP contribution is -2.50. The highest BCUT2D eigenvalue weighted by molar-refractivity contribution is 7.92. The number of amides is 1. The Labute approximate surface area is 116 Å². The van der Waals surface area contributed by atoms with Crippen LogP contribution >= 0.6 is 23.2 Å². The predicted octanol–water partition coefficient (Wildman–Crippen LogP) is 2.88. The van der Waals surface area contributed by atoms with Crippen LogP contribution in [0.5, 0.6) is 0 Å². The predicted molar refractivity (Wildman–Crippen MR) is 72.4 cm³/mol. The first kappa shape index (κ1) is 15.4. The van der Waals surface area contributed by atoms with Gasteiger partial charge in [0.2, 0.25) is 4.71 Å². The number of alkyl halides is 2. The van der Waals surface area contributed by atoms with Gasteiger partial charge in [0, 0.05) is 0 Å². The maximum atomic E-state index is 12.1. The summed E-state index contributed by atoms with van der Waals surface area (Å²) in [6.07, 6.45) is 0.727. The summed E-state index contributed by atoms with van der Waals surface area (Å²) in [5.74, 6) is -0.334. The number of nitrogens with zero attached hydrogens (tertiary/aromatic N) is 1. The summed E-state index contributed by atoms with van der Waals surface area (Å²) in [5.41, 5.74) is -0.489. The van der Waals surface area contributed by atoms with Crippen LogP contribution < -0.4 is 0 Å². The van der Waals surface area contributed by atoms with Gasteiger partial charge in [0.25, 0.3) is 5.91 Å². The summed E-state index contributed by atoms with van der Waals surface area (Å²) >= 11 is 10.2. The van der Waals surface area contributed by atoms with Crippen LogP contribution in [0.2, 0.25) is 0 Å². The molecule has 0 aliphatic carbocycles. The number of carbonyl (C=O) groups is 1. The van der Waals surface area contributed by atoms with Crippen LogP contribution in [0.1, 0.15) is 41.0 Å². The summed E-state index contributed by atoms with van der Waals surface area (Å²) in [6.45, 7) is 10.0. The molecule has 17 heavy (non-hydrogen) atoms. The zero-order valence-corrected chi connectivity index (χ0v) is 13.1. The first-order valence-corrected chi connectivity index (χ1v) is 7.54. The monoisotopic (exact) mass is 299 g/mol. The second-order valence-electron chi connectivity index (χ2n) is 6.21. The van der Waals surface area contributed by atoms with Crippen molar-refractivity contribution in [1.82, 2.24) is 4.31 Å². The Morgan fingerprint density at radius 2 is 1.76 bits per heavy atom. The standard InChI is InChI=1S/C11H19Cl2NO2S/c1-10(2,3)6-11(4,5)14-9(15)7(12)8(13)17(14)16/h7-8H,6H2,1-5H3. The molecule has 0 saturated carbocycles. The lowest BCUT2D eigenvalue weighted by Gasteiger charge is -2.38. The number of rotatable bonds is 2. The second kappa shape index (κ2) is 4.80. The summed E-state index contributed by atoms with van der Waals surface area (Å²) in [4.78, 5) is 12.0. The molecule has 6 heteroatoms. The van der Waals surface area contributed by atoms with Gasteiger partial charge in [0.1, 0.15) is 0 Å². The molecular formula is C11H19Cl2NO2S. The van der Waals surface area contributed by atoms with Gasteiger partial charge in [-0.3, -0.25) is 4.79 Å². The van der Waals surface area contributed by atoms with Gasteiger partial charge in [-0.05, 0) is 25.7 Å². The van der Waals surface area contributed by atoms with Crippen LogP contribution in [0.4, 0.5) is 0 Å². The van der Waals surface area contributed by atoms with Crippen LogP contribution in [0, 0.1) is 5.41 Å². The van der Waals surface area contributed by atoms with Gasteiger partial charge in [0.15, 0.2) is 5.38 Å². The lowest BCUT2D eigenvalue weighted by molar-refractivity contribution is -0.128. The molecule has 0 bridgehead atoms. The molecule has 1 amide bonds. The Hall–Kier alpha value is 0.360. The molecule has 3 unspecified atom stereocenters. The van der Waals surface area contributed by atoms with Crippen LogP contribution in [-0.2, 0) is 16.2 Å². The zero-order valence-electron chi connectivity index (χ0n) is 10.8. The van der Waals surface area contributed by atoms with E-state index in [1.54, 1.807) is 0 Å². The molecule has 3 atom stereocenters. The van der Waals surface area contributed by atoms with E-state index in [2.05, 4.69) is 20.8 Å². The van der Waals surface area contributed by atoms with Crippen molar-refractivity contribution >= 4 is 40.5 Å².